The Bertz CT molecular complexity index is 702. The molecule has 2 aliphatic heterocycles. The fourth-order valence-corrected chi connectivity index (χ4v) is 3.88. The van der Waals surface area contributed by atoms with Gasteiger partial charge >= 0.3 is 0 Å². The van der Waals surface area contributed by atoms with Crippen molar-refractivity contribution in [2.45, 2.75) is 44.7 Å². The van der Waals surface area contributed by atoms with Crippen molar-refractivity contribution in [2.75, 3.05) is 24.5 Å². The highest BCUT2D eigenvalue weighted by molar-refractivity contribution is 5.48. The largest absolute Gasteiger partial charge is 0.348 e. The maximum absolute atomic E-state index is 13.0. The van der Waals surface area contributed by atoms with Gasteiger partial charge < -0.3 is 9.80 Å². The molecule has 4 heterocycles. The summed E-state index contributed by atoms with van der Waals surface area (Å²) in [6.07, 6.45) is 0.689. The Kier molecular flexibility index (Phi) is 3.63. The first-order chi connectivity index (χ1) is 11.2. The van der Waals surface area contributed by atoms with Crippen LogP contribution in [0.15, 0.2) is 12.1 Å². The van der Waals surface area contributed by atoms with E-state index < -0.39 is 6.43 Å². The first-order valence-electron chi connectivity index (χ1n) is 8.18. The van der Waals surface area contributed by atoms with Crippen molar-refractivity contribution in [3.05, 3.63) is 18.0 Å². The molecule has 2 atom stereocenters. The molecule has 4 rings (SSSR count). The molecule has 2 aromatic rings. The van der Waals surface area contributed by atoms with Gasteiger partial charge in [0, 0.05) is 25.2 Å². The van der Waals surface area contributed by atoms with Gasteiger partial charge in [-0.25, -0.2) is 8.78 Å². The van der Waals surface area contributed by atoms with Crippen molar-refractivity contribution in [3.8, 4) is 0 Å². The molecule has 0 N–H and O–H groups in total. The lowest BCUT2D eigenvalue weighted by molar-refractivity contribution is 0.137. The smallest absolute Gasteiger partial charge is 0.299 e. The lowest BCUT2D eigenvalue weighted by Gasteiger charge is -2.29. The van der Waals surface area contributed by atoms with Gasteiger partial charge in [0.05, 0.1) is 0 Å². The fourth-order valence-electron chi connectivity index (χ4n) is 3.88. The van der Waals surface area contributed by atoms with Crippen LogP contribution in [0.1, 0.15) is 38.4 Å². The van der Waals surface area contributed by atoms with Crippen LogP contribution in [-0.4, -0.2) is 56.4 Å². The molecule has 23 heavy (non-hydrogen) atoms. The highest BCUT2D eigenvalue weighted by atomic mass is 19.3. The topological polar surface area (TPSA) is 49.6 Å². The molecule has 2 bridgehead atoms. The van der Waals surface area contributed by atoms with E-state index in [1.807, 2.05) is 6.07 Å². The molecular weight excluding hydrogens is 302 g/mol. The van der Waals surface area contributed by atoms with Gasteiger partial charge in [-0.1, -0.05) is 6.92 Å². The Morgan fingerprint density at radius 3 is 2.78 bits per heavy atom. The van der Waals surface area contributed by atoms with Crippen LogP contribution in [0.25, 0.3) is 5.65 Å². The van der Waals surface area contributed by atoms with E-state index in [0.717, 1.165) is 44.7 Å². The van der Waals surface area contributed by atoms with Gasteiger partial charge in [0.2, 0.25) is 5.82 Å². The molecular formula is C15H20F2N6. The number of likely N-dealkylation sites (tertiary alicyclic amines) is 1. The Morgan fingerprint density at radius 1 is 1.17 bits per heavy atom. The summed E-state index contributed by atoms with van der Waals surface area (Å²) in [4.78, 5) is 4.78. The molecule has 0 spiro atoms. The standard InChI is InChI=1S/C15H20F2N6/c1-2-21-8-7-10-3-4-11(9-21)22(10)13-6-5-12-18-19-15(14(16)17)23(12)20-13/h5-6,10-11,14H,2-4,7-9H2,1H3. The second kappa shape index (κ2) is 5.67. The first-order valence-corrected chi connectivity index (χ1v) is 8.18. The van der Waals surface area contributed by atoms with Crippen LogP contribution in [0.3, 0.4) is 0 Å². The molecule has 6 nitrogen and oxygen atoms in total. The van der Waals surface area contributed by atoms with Gasteiger partial charge in [-0.2, -0.15) is 4.52 Å². The zero-order valence-electron chi connectivity index (χ0n) is 13.1. The summed E-state index contributed by atoms with van der Waals surface area (Å²) in [6.45, 7) is 5.33. The summed E-state index contributed by atoms with van der Waals surface area (Å²) < 4.78 is 27.3. The third kappa shape index (κ3) is 2.45. The number of halogens is 2. The molecule has 2 unspecified atom stereocenters. The molecule has 124 valence electrons. The van der Waals surface area contributed by atoms with Gasteiger partial charge in [0.1, 0.15) is 5.82 Å². The van der Waals surface area contributed by atoms with Crippen LogP contribution in [-0.2, 0) is 0 Å². The lowest BCUT2D eigenvalue weighted by Crippen LogP contribution is -2.40. The first kappa shape index (κ1) is 14.7. The minimum absolute atomic E-state index is 0.362. The van der Waals surface area contributed by atoms with E-state index >= 15 is 0 Å². The van der Waals surface area contributed by atoms with Crippen molar-refractivity contribution in [1.82, 2.24) is 24.7 Å². The van der Waals surface area contributed by atoms with E-state index in [4.69, 9.17) is 0 Å². The van der Waals surface area contributed by atoms with E-state index in [1.165, 1.54) is 4.52 Å². The molecule has 0 amide bonds. The maximum Gasteiger partial charge on any atom is 0.299 e. The normalized spacial score (nSPS) is 25.5. The number of likely N-dealkylation sites (N-methyl/N-ethyl adjacent to an activating group) is 1. The minimum Gasteiger partial charge on any atom is -0.348 e. The molecule has 2 aliphatic rings. The highest BCUT2D eigenvalue weighted by Gasteiger charge is 2.38. The van der Waals surface area contributed by atoms with E-state index in [1.54, 1.807) is 6.07 Å². The van der Waals surface area contributed by atoms with Crippen LogP contribution in [0, 0.1) is 0 Å². The number of aromatic nitrogens is 4. The van der Waals surface area contributed by atoms with Crippen LogP contribution in [0.2, 0.25) is 0 Å². The van der Waals surface area contributed by atoms with Crippen molar-refractivity contribution < 1.29 is 8.78 Å². The van der Waals surface area contributed by atoms with E-state index in [-0.39, 0.29) is 5.82 Å². The van der Waals surface area contributed by atoms with Gasteiger partial charge in [0.25, 0.3) is 6.43 Å². The van der Waals surface area contributed by atoms with Crippen LogP contribution in [0.4, 0.5) is 14.6 Å². The van der Waals surface area contributed by atoms with Crippen molar-refractivity contribution in [3.63, 3.8) is 0 Å². The maximum atomic E-state index is 13.0. The van der Waals surface area contributed by atoms with E-state index in [9.17, 15) is 8.78 Å². The van der Waals surface area contributed by atoms with Gasteiger partial charge in [0.15, 0.2) is 5.65 Å². The predicted octanol–water partition coefficient (Wildman–Crippen LogP) is 2.12. The minimum atomic E-state index is -2.68. The zero-order chi connectivity index (χ0) is 16.0. The number of nitrogens with zero attached hydrogens (tertiary/aromatic N) is 6. The highest BCUT2D eigenvalue weighted by Crippen LogP contribution is 2.34. The molecule has 0 saturated carbocycles. The number of rotatable bonds is 3. The molecule has 0 radical (unpaired) electrons. The molecule has 2 fully saturated rings. The Morgan fingerprint density at radius 2 is 2.00 bits per heavy atom. The van der Waals surface area contributed by atoms with Crippen molar-refractivity contribution in [2.24, 2.45) is 0 Å². The van der Waals surface area contributed by atoms with Crippen molar-refractivity contribution in [1.29, 1.82) is 0 Å². The number of hydrogen-bond donors (Lipinski definition) is 0. The summed E-state index contributed by atoms with van der Waals surface area (Å²) in [6, 6.07) is 4.45. The Balaban J connectivity index is 1.72. The number of anilines is 1. The van der Waals surface area contributed by atoms with Gasteiger partial charge in [-0.3, -0.25) is 0 Å². The quantitative estimate of drug-likeness (QED) is 0.866. The van der Waals surface area contributed by atoms with Crippen LogP contribution in [0.5, 0.6) is 0 Å². The summed E-state index contributed by atoms with van der Waals surface area (Å²) >= 11 is 0. The molecule has 0 aliphatic carbocycles. The second-order valence-corrected chi connectivity index (χ2v) is 6.29. The van der Waals surface area contributed by atoms with Gasteiger partial charge in [-0.15, -0.1) is 15.3 Å². The predicted molar refractivity (Wildman–Crippen MR) is 81.8 cm³/mol. The average Bonchev–Trinajstić information content (AvgIpc) is 3.07. The molecule has 2 saturated heterocycles. The Hall–Kier alpha value is -1.83. The second-order valence-electron chi connectivity index (χ2n) is 6.29. The third-order valence-electron chi connectivity index (χ3n) is 5.05. The average molecular weight is 322 g/mol. The number of fused-ring (bicyclic) bond motifs is 3. The zero-order valence-corrected chi connectivity index (χ0v) is 13.1. The fraction of sp³-hybridized carbons (Fsp3) is 0.667. The summed E-state index contributed by atoms with van der Waals surface area (Å²) in [5, 5.41) is 11.8. The summed E-state index contributed by atoms with van der Waals surface area (Å²) in [7, 11) is 0. The summed E-state index contributed by atoms with van der Waals surface area (Å²) in [5.74, 6) is 0.365. The number of alkyl halides is 2. The third-order valence-corrected chi connectivity index (χ3v) is 5.05. The van der Waals surface area contributed by atoms with Crippen LogP contribution < -0.4 is 4.90 Å². The monoisotopic (exact) mass is 322 g/mol. The molecule has 8 heteroatoms. The summed E-state index contributed by atoms with van der Waals surface area (Å²) in [5.41, 5.74) is 0.362. The Labute approximate surface area is 133 Å². The molecule has 0 aromatic carbocycles. The van der Waals surface area contributed by atoms with Crippen LogP contribution >= 0.6 is 0 Å². The van der Waals surface area contributed by atoms with Gasteiger partial charge in [-0.05, 0) is 37.9 Å². The molecule has 2 aromatic heterocycles. The van der Waals surface area contributed by atoms with Crippen molar-refractivity contribution >= 4 is 11.5 Å². The SMILES string of the molecule is CCN1CCC2CCC(C1)N2c1ccc2nnc(C(F)F)n2n1. The van der Waals surface area contributed by atoms with E-state index in [0.29, 0.717) is 17.7 Å². The lowest BCUT2D eigenvalue weighted by atomic mass is 10.1. The number of hydrogen-bond acceptors (Lipinski definition) is 5. The van der Waals surface area contributed by atoms with E-state index in [2.05, 4.69) is 32.0 Å².